The van der Waals surface area contributed by atoms with Crippen molar-refractivity contribution >= 4 is 17.6 Å². The molecule has 0 aliphatic rings. The van der Waals surface area contributed by atoms with Crippen molar-refractivity contribution in [3.8, 4) is 0 Å². The average molecular weight is 217 g/mol. The lowest BCUT2D eigenvalue weighted by atomic mass is 10.2. The molecule has 0 aliphatic heterocycles. The van der Waals surface area contributed by atoms with Crippen molar-refractivity contribution in [2.24, 2.45) is 0 Å². The summed E-state index contributed by atoms with van der Waals surface area (Å²) < 4.78 is 4.91. The molecule has 1 aromatic heterocycles. The second kappa shape index (κ2) is 4.06. The first-order valence-corrected chi connectivity index (χ1v) is 4.75. The molecule has 2 rings (SSSR count). The van der Waals surface area contributed by atoms with Crippen molar-refractivity contribution in [3.05, 3.63) is 41.8 Å². The number of nitrogens with two attached hydrogens (primary N) is 1. The minimum absolute atomic E-state index is 0.0186. The van der Waals surface area contributed by atoms with Gasteiger partial charge in [-0.3, -0.25) is 4.79 Å². The number of nitrogens with one attached hydrogen (secondary N) is 1. The molecule has 5 nitrogen and oxygen atoms in total. The van der Waals surface area contributed by atoms with Crippen LogP contribution in [0.5, 0.6) is 0 Å². The van der Waals surface area contributed by atoms with E-state index in [2.05, 4.69) is 10.3 Å². The summed E-state index contributed by atoms with van der Waals surface area (Å²) in [5.74, 6) is -0.265. The van der Waals surface area contributed by atoms with Crippen molar-refractivity contribution in [1.29, 1.82) is 0 Å². The molecule has 0 fully saturated rings. The van der Waals surface area contributed by atoms with Gasteiger partial charge in [0.2, 0.25) is 5.76 Å². The lowest BCUT2D eigenvalue weighted by Gasteiger charge is -2.05. The zero-order valence-electron chi connectivity index (χ0n) is 8.73. The van der Waals surface area contributed by atoms with Crippen LogP contribution in [0, 0.1) is 6.92 Å². The van der Waals surface area contributed by atoms with Gasteiger partial charge < -0.3 is 15.5 Å². The molecule has 1 amide bonds. The zero-order chi connectivity index (χ0) is 11.5. The molecule has 5 heteroatoms. The van der Waals surface area contributed by atoms with E-state index in [0.29, 0.717) is 0 Å². The fraction of sp³-hybridized carbons (Fsp3) is 0.0909. The van der Waals surface area contributed by atoms with Gasteiger partial charge in [-0.15, -0.1) is 0 Å². The molecule has 0 aliphatic carbocycles. The highest BCUT2D eigenvalue weighted by atomic mass is 16.4. The van der Waals surface area contributed by atoms with Gasteiger partial charge in [-0.05, 0) is 18.6 Å². The molecule has 2 aromatic rings. The Morgan fingerprint density at radius 3 is 2.81 bits per heavy atom. The molecule has 0 bridgehead atoms. The lowest BCUT2D eigenvalue weighted by Crippen LogP contribution is -2.11. The maximum absolute atomic E-state index is 11.7. The molecule has 0 saturated heterocycles. The number of anilines is 2. The summed E-state index contributed by atoms with van der Waals surface area (Å²) in [5.41, 5.74) is 7.00. The monoisotopic (exact) mass is 217 g/mol. The molecule has 1 heterocycles. The van der Waals surface area contributed by atoms with E-state index < -0.39 is 0 Å². The third kappa shape index (κ3) is 2.03. The third-order valence-corrected chi connectivity index (χ3v) is 2.14. The highest BCUT2D eigenvalue weighted by Crippen LogP contribution is 2.15. The minimum atomic E-state index is -0.362. The van der Waals surface area contributed by atoms with Crippen molar-refractivity contribution in [3.63, 3.8) is 0 Å². The quantitative estimate of drug-likeness (QED) is 0.803. The summed E-state index contributed by atoms with van der Waals surface area (Å²) in [6.07, 6.45) is 1.29. The second-order valence-electron chi connectivity index (χ2n) is 3.33. The van der Waals surface area contributed by atoms with Gasteiger partial charge in [0.05, 0.1) is 6.20 Å². The fourth-order valence-corrected chi connectivity index (χ4v) is 1.29. The third-order valence-electron chi connectivity index (χ3n) is 2.14. The summed E-state index contributed by atoms with van der Waals surface area (Å²) in [7, 11) is 0. The van der Waals surface area contributed by atoms with E-state index >= 15 is 0 Å². The number of benzene rings is 1. The Hall–Kier alpha value is -2.30. The Kier molecular flexibility index (Phi) is 2.59. The van der Waals surface area contributed by atoms with E-state index in [1.54, 1.807) is 0 Å². The van der Waals surface area contributed by atoms with Crippen LogP contribution in [-0.2, 0) is 0 Å². The fourth-order valence-electron chi connectivity index (χ4n) is 1.29. The van der Waals surface area contributed by atoms with E-state index in [1.165, 1.54) is 6.20 Å². The number of nitrogen functional groups attached to an aromatic ring is 1. The zero-order valence-corrected chi connectivity index (χ0v) is 8.73. The van der Waals surface area contributed by atoms with Gasteiger partial charge in [0.15, 0.2) is 0 Å². The van der Waals surface area contributed by atoms with Gasteiger partial charge in [0.25, 0.3) is 11.9 Å². The van der Waals surface area contributed by atoms with Gasteiger partial charge in [0, 0.05) is 5.69 Å². The average Bonchev–Trinajstić information content (AvgIpc) is 2.68. The number of hydrogen-bond acceptors (Lipinski definition) is 4. The number of para-hydroxylation sites is 1. The normalized spacial score (nSPS) is 10.1. The number of carbonyl (C=O) groups excluding carboxylic acids is 1. The van der Waals surface area contributed by atoms with Crippen molar-refractivity contribution < 1.29 is 9.21 Å². The summed E-state index contributed by atoms with van der Waals surface area (Å²) in [5, 5.41) is 2.71. The molecular formula is C11H11N3O2. The minimum Gasteiger partial charge on any atom is -0.418 e. The maximum atomic E-state index is 11.7. The Morgan fingerprint density at radius 2 is 2.19 bits per heavy atom. The van der Waals surface area contributed by atoms with Crippen molar-refractivity contribution in [1.82, 2.24) is 4.98 Å². The van der Waals surface area contributed by atoms with Crippen LogP contribution in [0.1, 0.15) is 16.1 Å². The van der Waals surface area contributed by atoms with Crippen LogP contribution in [0.4, 0.5) is 11.7 Å². The molecule has 3 N–H and O–H groups in total. The predicted molar refractivity (Wildman–Crippen MR) is 60.0 cm³/mol. The molecule has 0 unspecified atom stereocenters. The summed E-state index contributed by atoms with van der Waals surface area (Å²) in [4.78, 5) is 15.3. The summed E-state index contributed by atoms with van der Waals surface area (Å²) in [6.45, 7) is 1.91. The highest BCUT2D eigenvalue weighted by molar-refractivity contribution is 6.02. The van der Waals surface area contributed by atoms with Crippen LogP contribution in [0.3, 0.4) is 0 Å². The molecule has 0 atom stereocenters. The second-order valence-corrected chi connectivity index (χ2v) is 3.33. The number of nitrogens with zero attached hydrogens (tertiary/aromatic N) is 1. The number of rotatable bonds is 2. The van der Waals surface area contributed by atoms with E-state index in [0.717, 1.165) is 11.3 Å². The molecule has 82 valence electrons. The predicted octanol–water partition coefficient (Wildman–Crippen LogP) is 1.82. The SMILES string of the molecule is Cc1ccccc1NC(=O)c1cnc(N)o1. The van der Waals surface area contributed by atoms with Crippen LogP contribution >= 0.6 is 0 Å². The number of aromatic nitrogens is 1. The van der Waals surface area contributed by atoms with Crippen LogP contribution in [0.15, 0.2) is 34.9 Å². The van der Waals surface area contributed by atoms with Crippen LogP contribution in [0.25, 0.3) is 0 Å². The largest absolute Gasteiger partial charge is 0.418 e. The van der Waals surface area contributed by atoms with Gasteiger partial charge >= 0.3 is 0 Å². The molecular weight excluding hydrogens is 206 g/mol. The molecule has 0 saturated carbocycles. The first kappa shape index (κ1) is 10.2. The standard InChI is InChI=1S/C11H11N3O2/c1-7-4-2-3-5-8(7)14-10(15)9-6-13-11(12)16-9/h2-6H,1H3,(H2,12,13)(H,14,15). The number of carbonyl (C=O) groups is 1. The maximum Gasteiger partial charge on any atom is 0.293 e. The van der Waals surface area contributed by atoms with Crippen molar-refractivity contribution in [2.75, 3.05) is 11.1 Å². The Labute approximate surface area is 92.3 Å². The van der Waals surface area contributed by atoms with Crippen LogP contribution < -0.4 is 11.1 Å². The van der Waals surface area contributed by atoms with Crippen molar-refractivity contribution in [2.45, 2.75) is 6.92 Å². The lowest BCUT2D eigenvalue weighted by molar-refractivity contribution is 0.0997. The summed E-state index contributed by atoms with van der Waals surface area (Å²) in [6, 6.07) is 7.45. The summed E-state index contributed by atoms with van der Waals surface area (Å²) >= 11 is 0. The Morgan fingerprint density at radius 1 is 1.44 bits per heavy atom. The molecule has 0 spiro atoms. The molecule has 0 radical (unpaired) electrons. The van der Waals surface area contributed by atoms with Gasteiger partial charge in [-0.2, -0.15) is 0 Å². The number of oxazole rings is 1. The van der Waals surface area contributed by atoms with E-state index in [4.69, 9.17) is 10.2 Å². The van der Waals surface area contributed by atoms with Crippen LogP contribution in [-0.4, -0.2) is 10.9 Å². The molecule has 1 aromatic carbocycles. The highest BCUT2D eigenvalue weighted by Gasteiger charge is 2.11. The van der Waals surface area contributed by atoms with E-state index in [9.17, 15) is 4.79 Å². The van der Waals surface area contributed by atoms with Crippen LogP contribution in [0.2, 0.25) is 0 Å². The number of amides is 1. The smallest absolute Gasteiger partial charge is 0.293 e. The topological polar surface area (TPSA) is 81.2 Å². The first-order chi connectivity index (χ1) is 7.66. The van der Waals surface area contributed by atoms with Gasteiger partial charge in [-0.25, -0.2) is 4.98 Å². The van der Waals surface area contributed by atoms with Gasteiger partial charge in [0.1, 0.15) is 0 Å². The Bertz CT molecular complexity index is 519. The van der Waals surface area contributed by atoms with E-state index in [-0.39, 0.29) is 17.7 Å². The Balaban J connectivity index is 2.17. The molecule has 16 heavy (non-hydrogen) atoms. The number of hydrogen-bond donors (Lipinski definition) is 2. The van der Waals surface area contributed by atoms with E-state index in [1.807, 2.05) is 31.2 Å². The first-order valence-electron chi connectivity index (χ1n) is 4.75. The van der Waals surface area contributed by atoms with Gasteiger partial charge in [-0.1, -0.05) is 18.2 Å². The number of aryl methyl sites for hydroxylation is 1.